The van der Waals surface area contributed by atoms with Gasteiger partial charge in [-0.25, -0.2) is 0 Å². The van der Waals surface area contributed by atoms with Crippen molar-refractivity contribution in [3.8, 4) is 0 Å². The molecule has 1 fully saturated rings. The summed E-state index contributed by atoms with van der Waals surface area (Å²) in [6, 6.07) is 0. The Morgan fingerprint density at radius 2 is 2.20 bits per heavy atom. The van der Waals surface area contributed by atoms with Gasteiger partial charge in [0.1, 0.15) is 5.60 Å². The highest BCUT2D eigenvalue weighted by atomic mass is 16.7. The molecule has 4 atom stereocenters. The zero-order valence-corrected chi connectivity index (χ0v) is 9.52. The number of esters is 1. The van der Waals surface area contributed by atoms with E-state index < -0.39 is 24.0 Å². The molecule has 0 radical (unpaired) electrons. The van der Waals surface area contributed by atoms with Gasteiger partial charge in [0.2, 0.25) is 0 Å². The number of rotatable bonds is 2. The molecule has 1 aliphatic rings. The summed E-state index contributed by atoms with van der Waals surface area (Å²) in [5.41, 5.74) is -1.12. The summed E-state index contributed by atoms with van der Waals surface area (Å²) < 4.78 is 15.5. The van der Waals surface area contributed by atoms with E-state index in [9.17, 15) is 9.90 Å². The van der Waals surface area contributed by atoms with E-state index >= 15 is 0 Å². The topological polar surface area (TPSA) is 65.0 Å². The van der Waals surface area contributed by atoms with Crippen molar-refractivity contribution in [2.75, 3.05) is 7.11 Å². The molecule has 0 aromatic heterocycles. The van der Waals surface area contributed by atoms with Crippen LogP contribution in [-0.2, 0) is 19.0 Å². The minimum atomic E-state index is -1.12. The van der Waals surface area contributed by atoms with E-state index in [2.05, 4.69) is 0 Å². The van der Waals surface area contributed by atoms with Crippen molar-refractivity contribution >= 4 is 5.97 Å². The number of aliphatic hydroxyl groups is 1. The van der Waals surface area contributed by atoms with Crippen LogP contribution in [0.3, 0.4) is 0 Å². The molecule has 1 N–H and O–H groups in total. The molecule has 0 bridgehead atoms. The molecule has 0 aliphatic carbocycles. The highest BCUT2D eigenvalue weighted by molar-refractivity contribution is 5.66. The molecule has 1 saturated heterocycles. The Morgan fingerprint density at radius 3 is 2.60 bits per heavy atom. The van der Waals surface area contributed by atoms with Crippen LogP contribution in [-0.4, -0.2) is 42.3 Å². The van der Waals surface area contributed by atoms with Gasteiger partial charge >= 0.3 is 5.97 Å². The summed E-state index contributed by atoms with van der Waals surface area (Å²) in [5, 5.41) is 10.1. The van der Waals surface area contributed by atoms with Crippen LogP contribution >= 0.6 is 0 Å². The van der Waals surface area contributed by atoms with Gasteiger partial charge in [-0.2, -0.15) is 0 Å². The third kappa shape index (κ3) is 2.90. The molecule has 0 aromatic carbocycles. The fourth-order valence-electron chi connectivity index (χ4n) is 1.86. The number of hydrogen-bond donors (Lipinski definition) is 1. The molecular formula is C10H18O5. The van der Waals surface area contributed by atoms with Gasteiger partial charge in [0.15, 0.2) is 12.4 Å². The summed E-state index contributed by atoms with van der Waals surface area (Å²) in [5.74, 6) is -0.424. The Morgan fingerprint density at radius 1 is 1.60 bits per heavy atom. The van der Waals surface area contributed by atoms with Gasteiger partial charge in [0, 0.05) is 20.5 Å². The average molecular weight is 218 g/mol. The minimum absolute atomic E-state index is 0.284. The molecule has 0 aromatic rings. The Labute approximate surface area is 89.3 Å². The Bertz CT molecular complexity index is 238. The van der Waals surface area contributed by atoms with Crippen LogP contribution in [0.2, 0.25) is 0 Å². The van der Waals surface area contributed by atoms with Gasteiger partial charge < -0.3 is 19.3 Å². The molecule has 15 heavy (non-hydrogen) atoms. The maximum absolute atomic E-state index is 10.9. The van der Waals surface area contributed by atoms with Gasteiger partial charge in [0.05, 0.1) is 6.10 Å². The van der Waals surface area contributed by atoms with Crippen LogP contribution in [0.5, 0.6) is 0 Å². The lowest BCUT2D eigenvalue weighted by Gasteiger charge is -2.43. The first-order chi connectivity index (χ1) is 6.86. The fourth-order valence-corrected chi connectivity index (χ4v) is 1.86. The second-order valence-electron chi connectivity index (χ2n) is 4.10. The molecule has 5 nitrogen and oxygen atoms in total. The zero-order chi connectivity index (χ0) is 11.6. The van der Waals surface area contributed by atoms with Crippen LogP contribution in [0.4, 0.5) is 0 Å². The Hall–Kier alpha value is -0.650. The lowest BCUT2D eigenvalue weighted by Crippen LogP contribution is -2.56. The van der Waals surface area contributed by atoms with Crippen molar-refractivity contribution in [1.82, 2.24) is 0 Å². The predicted molar refractivity (Wildman–Crippen MR) is 52.1 cm³/mol. The maximum Gasteiger partial charge on any atom is 0.303 e. The third-order valence-electron chi connectivity index (χ3n) is 2.54. The van der Waals surface area contributed by atoms with Crippen molar-refractivity contribution in [3.63, 3.8) is 0 Å². The van der Waals surface area contributed by atoms with Gasteiger partial charge in [-0.3, -0.25) is 4.79 Å². The summed E-state index contributed by atoms with van der Waals surface area (Å²) >= 11 is 0. The van der Waals surface area contributed by atoms with Crippen LogP contribution in [0, 0.1) is 0 Å². The first-order valence-electron chi connectivity index (χ1n) is 4.94. The number of ether oxygens (including phenoxy) is 3. The standard InChI is InChI=1S/C10H18O5/c1-6-9(15-7(2)11)10(3,12)5-8(13-4)14-6/h6,8-9,12H,5H2,1-4H3/t6-,8+,9+,10+/m0/s1. The zero-order valence-electron chi connectivity index (χ0n) is 9.52. The number of methoxy groups -OCH3 is 1. The molecule has 1 heterocycles. The summed E-state index contributed by atoms with van der Waals surface area (Å²) in [4.78, 5) is 10.9. The molecule has 1 aliphatic heterocycles. The molecule has 1 rings (SSSR count). The second-order valence-corrected chi connectivity index (χ2v) is 4.10. The smallest absolute Gasteiger partial charge is 0.303 e. The third-order valence-corrected chi connectivity index (χ3v) is 2.54. The van der Waals surface area contributed by atoms with Crippen LogP contribution in [0.25, 0.3) is 0 Å². The fraction of sp³-hybridized carbons (Fsp3) is 0.900. The Kier molecular flexibility index (Phi) is 3.70. The van der Waals surface area contributed by atoms with E-state index in [1.807, 2.05) is 0 Å². The number of carbonyl (C=O) groups is 1. The summed E-state index contributed by atoms with van der Waals surface area (Å²) in [7, 11) is 1.51. The van der Waals surface area contributed by atoms with Crippen molar-refractivity contribution in [1.29, 1.82) is 0 Å². The SMILES string of the molecule is CO[C@H]1C[C@@](C)(O)[C@H](OC(C)=O)[C@H](C)O1. The molecule has 88 valence electrons. The molecule has 0 spiro atoms. The van der Waals surface area contributed by atoms with Gasteiger partial charge in [-0.05, 0) is 13.8 Å². The first kappa shape index (κ1) is 12.4. The molecule has 0 unspecified atom stereocenters. The van der Waals surface area contributed by atoms with Crippen molar-refractivity contribution < 1.29 is 24.1 Å². The molecule has 0 amide bonds. The first-order valence-corrected chi connectivity index (χ1v) is 4.94. The maximum atomic E-state index is 10.9. The van der Waals surface area contributed by atoms with E-state index in [0.717, 1.165) is 0 Å². The van der Waals surface area contributed by atoms with Gasteiger partial charge in [-0.15, -0.1) is 0 Å². The lowest BCUT2D eigenvalue weighted by atomic mass is 9.88. The van der Waals surface area contributed by atoms with E-state index in [1.165, 1.54) is 14.0 Å². The monoisotopic (exact) mass is 218 g/mol. The predicted octanol–water partition coefficient (Wildman–Crippen LogP) is 0.450. The molecule has 0 saturated carbocycles. The van der Waals surface area contributed by atoms with Crippen molar-refractivity contribution in [3.05, 3.63) is 0 Å². The molecular weight excluding hydrogens is 200 g/mol. The van der Waals surface area contributed by atoms with E-state index in [1.54, 1.807) is 13.8 Å². The average Bonchev–Trinajstić information content (AvgIpc) is 2.10. The van der Waals surface area contributed by atoms with Gasteiger partial charge in [0.25, 0.3) is 0 Å². The Balaban J connectivity index is 2.74. The summed E-state index contributed by atoms with van der Waals surface area (Å²) in [6.45, 7) is 4.67. The number of carbonyl (C=O) groups excluding carboxylic acids is 1. The quantitative estimate of drug-likeness (QED) is 0.682. The largest absolute Gasteiger partial charge is 0.457 e. The minimum Gasteiger partial charge on any atom is -0.457 e. The highest BCUT2D eigenvalue weighted by Gasteiger charge is 2.46. The van der Waals surface area contributed by atoms with E-state index in [4.69, 9.17) is 14.2 Å². The van der Waals surface area contributed by atoms with Crippen LogP contribution in [0.1, 0.15) is 27.2 Å². The van der Waals surface area contributed by atoms with Crippen LogP contribution in [0.15, 0.2) is 0 Å². The number of hydrogen-bond acceptors (Lipinski definition) is 5. The highest BCUT2D eigenvalue weighted by Crippen LogP contribution is 2.31. The molecule has 5 heteroatoms. The van der Waals surface area contributed by atoms with Crippen molar-refractivity contribution in [2.24, 2.45) is 0 Å². The van der Waals surface area contributed by atoms with Gasteiger partial charge in [-0.1, -0.05) is 0 Å². The van der Waals surface area contributed by atoms with E-state index in [0.29, 0.717) is 0 Å². The summed E-state index contributed by atoms with van der Waals surface area (Å²) in [6.07, 6.45) is -1.21. The second kappa shape index (κ2) is 4.47. The lowest BCUT2D eigenvalue weighted by molar-refractivity contribution is -0.270. The van der Waals surface area contributed by atoms with Crippen molar-refractivity contribution in [2.45, 2.75) is 51.3 Å². The normalized spacial score (nSPS) is 41.3. The van der Waals surface area contributed by atoms with Crippen LogP contribution < -0.4 is 0 Å². The van der Waals surface area contributed by atoms with E-state index in [-0.39, 0.29) is 12.5 Å².